The summed E-state index contributed by atoms with van der Waals surface area (Å²) in [5.41, 5.74) is 1.61. The van der Waals surface area contributed by atoms with Gasteiger partial charge < -0.3 is 9.88 Å². The number of aryl methyl sites for hydroxylation is 1. The van der Waals surface area contributed by atoms with Crippen LogP contribution in [0.2, 0.25) is 0 Å². The molecule has 0 aliphatic heterocycles. The van der Waals surface area contributed by atoms with Crippen molar-refractivity contribution in [2.45, 2.75) is 4.90 Å². The van der Waals surface area contributed by atoms with E-state index in [1.807, 2.05) is 0 Å². The molecule has 7 nitrogen and oxygen atoms in total. The molecule has 0 aliphatic carbocycles. The zero-order valence-corrected chi connectivity index (χ0v) is 20.1. The summed E-state index contributed by atoms with van der Waals surface area (Å²) in [6.45, 7) is -0.415. The van der Waals surface area contributed by atoms with Gasteiger partial charge in [-0.05, 0) is 54.6 Å². The SMILES string of the molecule is Cn1c(=O)sc2cc(NC(=O)CN(c3ccc(Br)cc3)S(=O)(=O)c3ccccc3)ccc21. The van der Waals surface area contributed by atoms with Crippen molar-refractivity contribution in [3.8, 4) is 0 Å². The lowest BCUT2D eigenvalue weighted by molar-refractivity contribution is -0.114. The number of benzene rings is 3. The molecule has 164 valence electrons. The number of aromatic nitrogens is 1. The Labute approximate surface area is 197 Å². The van der Waals surface area contributed by atoms with Crippen LogP contribution >= 0.6 is 27.3 Å². The van der Waals surface area contributed by atoms with Gasteiger partial charge in [-0.2, -0.15) is 0 Å². The standard InChI is InChI=1S/C22H18BrN3O4S2/c1-25-19-12-9-16(13-20(19)31-22(25)28)24-21(27)14-26(17-10-7-15(23)8-11-17)32(29,30)18-5-3-2-4-6-18/h2-13H,14H2,1H3,(H,24,27). The van der Waals surface area contributed by atoms with Crippen LogP contribution in [0.25, 0.3) is 10.2 Å². The summed E-state index contributed by atoms with van der Waals surface area (Å²) in [4.78, 5) is 24.7. The average Bonchev–Trinajstić information content (AvgIpc) is 3.06. The third-order valence-corrected chi connectivity index (χ3v) is 8.12. The van der Waals surface area contributed by atoms with Crippen molar-refractivity contribution in [1.29, 1.82) is 0 Å². The fraction of sp³-hybridized carbons (Fsp3) is 0.0909. The number of carbonyl (C=O) groups excluding carboxylic acids is 1. The second kappa shape index (κ2) is 8.89. The first kappa shape index (κ1) is 22.3. The molecule has 4 rings (SSSR count). The van der Waals surface area contributed by atoms with Gasteiger partial charge in [0.05, 0.1) is 20.8 Å². The van der Waals surface area contributed by atoms with Crippen LogP contribution < -0.4 is 14.5 Å². The molecule has 0 fully saturated rings. The van der Waals surface area contributed by atoms with Crippen molar-refractivity contribution in [1.82, 2.24) is 4.57 Å². The zero-order valence-electron chi connectivity index (χ0n) is 16.9. The van der Waals surface area contributed by atoms with Gasteiger partial charge in [0.15, 0.2) is 0 Å². The van der Waals surface area contributed by atoms with Gasteiger partial charge in [-0.1, -0.05) is 45.5 Å². The maximum atomic E-state index is 13.3. The number of amides is 1. The summed E-state index contributed by atoms with van der Waals surface area (Å²) in [5.74, 6) is -0.505. The molecule has 0 bridgehead atoms. The third kappa shape index (κ3) is 4.47. The molecule has 0 atom stereocenters. The number of rotatable bonds is 6. The highest BCUT2D eigenvalue weighted by Gasteiger charge is 2.27. The van der Waals surface area contributed by atoms with E-state index < -0.39 is 22.5 Å². The Kier molecular flexibility index (Phi) is 6.18. The van der Waals surface area contributed by atoms with Crippen LogP contribution in [0.15, 0.2) is 87.0 Å². The van der Waals surface area contributed by atoms with E-state index in [0.29, 0.717) is 11.4 Å². The normalized spacial score (nSPS) is 11.4. The van der Waals surface area contributed by atoms with Crippen LogP contribution in [0.4, 0.5) is 11.4 Å². The molecule has 1 amide bonds. The van der Waals surface area contributed by atoms with Gasteiger partial charge in [0.2, 0.25) is 5.91 Å². The molecule has 4 aromatic rings. The number of thiazole rings is 1. The first-order chi connectivity index (χ1) is 15.3. The topological polar surface area (TPSA) is 88.5 Å². The Bertz CT molecular complexity index is 1450. The van der Waals surface area contributed by atoms with E-state index in [4.69, 9.17) is 0 Å². The van der Waals surface area contributed by atoms with E-state index in [2.05, 4.69) is 21.2 Å². The molecule has 0 unspecified atom stereocenters. The predicted molar refractivity (Wildman–Crippen MR) is 131 cm³/mol. The van der Waals surface area contributed by atoms with Crippen molar-refractivity contribution in [3.63, 3.8) is 0 Å². The quantitative estimate of drug-likeness (QED) is 0.403. The fourth-order valence-corrected chi connectivity index (χ4v) is 5.81. The Hall–Kier alpha value is -2.95. The van der Waals surface area contributed by atoms with E-state index >= 15 is 0 Å². The molecular formula is C22H18BrN3O4S2. The van der Waals surface area contributed by atoms with Crippen molar-refractivity contribution in [2.24, 2.45) is 7.05 Å². The third-order valence-electron chi connectivity index (χ3n) is 4.81. The molecule has 0 aliphatic rings. The van der Waals surface area contributed by atoms with Gasteiger partial charge in [-0.15, -0.1) is 0 Å². The molecule has 1 heterocycles. The number of hydrogen-bond acceptors (Lipinski definition) is 5. The van der Waals surface area contributed by atoms with Crippen LogP contribution in [-0.4, -0.2) is 25.4 Å². The number of nitrogens with one attached hydrogen (secondary N) is 1. The molecule has 0 radical (unpaired) electrons. The molecule has 1 N–H and O–H groups in total. The molecule has 0 spiro atoms. The second-order valence-electron chi connectivity index (χ2n) is 6.96. The van der Waals surface area contributed by atoms with Crippen molar-refractivity contribution in [3.05, 3.63) is 86.9 Å². The summed E-state index contributed by atoms with van der Waals surface area (Å²) >= 11 is 4.42. The van der Waals surface area contributed by atoms with Gasteiger partial charge in [0, 0.05) is 17.2 Å². The summed E-state index contributed by atoms with van der Waals surface area (Å²) in [6.07, 6.45) is 0. The monoisotopic (exact) mass is 531 g/mol. The number of halogens is 1. The molecular weight excluding hydrogens is 514 g/mol. The van der Waals surface area contributed by atoms with Crippen LogP contribution in [0.3, 0.4) is 0 Å². The minimum Gasteiger partial charge on any atom is -0.324 e. The Morgan fingerprint density at radius 3 is 2.44 bits per heavy atom. The Morgan fingerprint density at radius 1 is 1.06 bits per heavy atom. The Morgan fingerprint density at radius 2 is 1.75 bits per heavy atom. The highest BCUT2D eigenvalue weighted by molar-refractivity contribution is 9.10. The summed E-state index contributed by atoms with van der Waals surface area (Å²) < 4.78 is 30.8. The van der Waals surface area contributed by atoms with Crippen molar-refractivity contribution < 1.29 is 13.2 Å². The largest absolute Gasteiger partial charge is 0.324 e. The minimum atomic E-state index is -3.98. The van der Waals surface area contributed by atoms with E-state index in [-0.39, 0.29) is 9.77 Å². The van der Waals surface area contributed by atoms with Crippen LogP contribution in [0.1, 0.15) is 0 Å². The van der Waals surface area contributed by atoms with E-state index in [1.54, 1.807) is 67.7 Å². The number of hydrogen-bond donors (Lipinski definition) is 1. The fourth-order valence-electron chi connectivity index (χ4n) is 3.18. The van der Waals surface area contributed by atoms with Gasteiger partial charge in [0.1, 0.15) is 6.54 Å². The molecule has 0 saturated carbocycles. The van der Waals surface area contributed by atoms with Crippen LogP contribution in [0, 0.1) is 0 Å². The molecule has 3 aromatic carbocycles. The van der Waals surface area contributed by atoms with Gasteiger partial charge in [-0.25, -0.2) is 8.42 Å². The van der Waals surface area contributed by atoms with E-state index in [9.17, 15) is 18.0 Å². The lowest BCUT2D eigenvalue weighted by Crippen LogP contribution is -2.38. The van der Waals surface area contributed by atoms with E-state index in [1.165, 1.54) is 16.7 Å². The molecule has 1 aromatic heterocycles. The first-order valence-electron chi connectivity index (χ1n) is 9.48. The summed E-state index contributed by atoms with van der Waals surface area (Å²) in [5, 5.41) is 2.74. The Balaban J connectivity index is 1.64. The molecule has 10 heteroatoms. The van der Waals surface area contributed by atoms with Crippen molar-refractivity contribution >= 4 is 64.8 Å². The smallest absolute Gasteiger partial charge is 0.307 e. The number of fused-ring (bicyclic) bond motifs is 1. The predicted octanol–water partition coefficient (Wildman–Crippen LogP) is 4.20. The van der Waals surface area contributed by atoms with Crippen molar-refractivity contribution in [2.75, 3.05) is 16.2 Å². The number of carbonyl (C=O) groups is 1. The summed E-state index contributed by atoms with van der Waals surface area (Å²) in [6, 6.07) is 19.8. The maximum absolute atomic E-state index is 13.3. The van der Waals surface area contributed by atoms with Crippen LogP contribution in [0.5, 0.6) is 0 Å². The lowest BCUT2D eigenvalue weighted by atomic mass is 10.3. The number of anilines is 2. The van der Waals surface area contributed by atoms with Gasteiger partial charge in [0.25, 0.3) is 10.0 Å². The second-order valence-corrected chi connectivity index (χ2v) is 10.7. The summed E-state index contributed by atoms with van der Waals surface area (Å²) in [7, 11) is -2.29. The van der Waals surface area contributed by atoms with Gasteiger partial charge in [-0.3, -0.25) is 13.9 Å². The van der Waals surface area contributed by atoms with Crippen LogP contribution in [-0.2, 0) is 21.9 Å². The number of nitrogens with zero attached hydrogens (tertiary/aromatic N) is 2. The highest BCUT2D eigenvalue weighted by atomic mass is 79.9. The minimum absolute atomic E-state index is 0.0891. The average molecular weight is 532 g/mol. The van der Waals surface area contributed by atoms with E-state index in [0.717, 1.165) is 30.3 Å². The highest BCUT2D eigenvalue weighted by Crippen LogP contribution is 2.26. The maximum Gasteiger partial charge on any atom is 0.307 e. The molecule has 0 saturated heterocycles. The lowest BCUT2D eigenvalue weighted by Gasteiger charge is -2.24. The first-order valence-corrected chi connectivity index (χ1v) is 12.5. The molecule has 32 heavy (non-hydrogen) atoms. The van der Waals surface area contributed by atoms with Gasteiger partial charge >= 0.3 is 4.87 Å². The number of sulfonamides is 1. The zero-order chi connectivity index (χ0) is 22.9.